The van der Waals surface area contributed by atoms with Gasteiger partial charge in [0.25, 0.3) is 5.91 Å². The normalized spacial score (nSPS) is 13.3. The van der Waals surface area contributed by atoms with Gasteiger partial charge in [-0.15, -0.1) is 0 Å². The average molecular weight is 481 g/mol. The van der Waals surface area contributed by atoms with Crippen LogP contribution in [-0.4, -0.2) is 21.2 Å². The van der Waals surface area contributed by atoms with E-state index in [4.69, 9.17) is 5.26 Å². The molecule has 4 rings (SSSR count). The molecule has 0 fully saturated rings. The predicted octanol–water partition coefficient (Wildman–Crippen LogP) is 5.73. The molecule has 0 aliphatic carbocycles. The number of halogens is 4. The van der Waals surface area contributed by atoms with Crippen LogP contribution >= 0.6 is 0 Å². The SMILES string of the molecule is CC(O)(Cn1ccc2c(F)cc(-c3ccccc3)cc21)C(=O)Nc1ccc(C#N)c(C(F)(F)F)c1. The summed E-state index contributed by atoms with van der Waals surface area (Å²) in [5.41, 5.74) is -2.23. The summed E-state index contributed by atoms with van der Waals surface area (Å²) < 4.78 is 55.9. The Morgan fingerprint density at radius 2 is 1.77 bits per heavy atom. The number of carbonyl (C=O) groups excluding carboxylic acids is 1. The van der Waals surface area contributed by atoms with Crippen molar-refractivity contribution in [2.75, 3.05) is 5.32 Å². The zero-order valence-electron chi connectivity index (χ0n) is 18.4. The molecule has 3 aromatic carbocycles. The smallest absolute Gasteiger partial charge is 0.378 e. The van der Waals surface area contributed by atoms with Crippen molar-refractivity contribution in [3.63, 3.8) is 0 Å². The Balaban J connectivity index is 1.62. The number of aromatic nitrogens is 1. The summed E-state index contributed by atoms with van der Waals surface area (Å²) in [6, 6.07) is 18.0. The topological polar surface area (TPSA) is 78.1 Å². The lowest BCUT2D eigenvalue weighted by Crippen LogP contribution is -2.43. The number of anilines is 1. The van der Waals surface area contributed by atoms with Crippen molar-refractivity contribution >= 4 is 22.5 Å². The second-order valence-corrected chi connectivity index (χ2v) is 8.30. The van der Waals surface area contributed by atoms with Crippen molar-refractivity contribution < 1.29 is 27.5 Å². The van der Waals surface area contributed by atoms with E-state index in [9.17, 15) is 27.5 Å². The predicted molar refractivity (Wildman–Crippen MR) is 123 cm³/mol. The van der Waals surface area contributed by atoms with Crippen LogP contribution in [0, 0.1) is 17.1 Å². The fourth-order valence-electron chi connectivity index (χ4n) is 3.81. The van der Waals surface area contributed by atoms with Crippen LogP contribution in [0.5, 0.6) is 0 Å². The van der Waals surface area contributed by atoms with Crippen LogP contribution in [0.15, 0.2) is 72.9 Å². The summed E-state index contributed by atoms with van der Waals surface area (Å²) in [5, 5.41) is 22.3. The summed E-state index contributed by atoms with van der Waals surface area (Å²) in [4.78, 5) is 12.8. The number of aliphatic hydroxyl groups is 1. The number of nitriles is 1. The Kier molecular flexibility index (Phi) is 6.09. The molecule has 0 saturated carbocycles. The molecule has 9 heteroatoms. The van der Waals surface area contributed by atoms with E-state index >= 15 is 0 Å². The van der Waals surface area contributed by atoms with Crippen LogP contribution in [0.4, 0.5) is 23.2 Å². The number of fused-ring (bicyclic) bond motifs is 1. The van der Waals surface area contributed by atoms with Gasteiger partial charge in [-0.25, -0.2) is 4.39 Å². The van der Waals surface area contributed by atoms with Gasteiger partial charge in [-0.05, 0) is 54.4 Å². The minimum Gasteiger partial charge on any atom is -0.378 e. The van der Waals surface area contributed by atoms with Crippen LogP contribution in [0.2, 0.25) is 0 Å². The molecule has 0 saturated heterocycles. The first-order valence-corrected chi connectivity index (χ1v) is 10.5. The minimum absolute atomic E-state index is 0.226. The van der Waals surface area contributed by atoms with Crippen molar-refractivity contribution in [3.8, 4) is 17.2 Å². The number of benzene rings is 3. The average Bonchev–Trinajstić information content (AvgIpc) is 3.21. The van der Waals surface area contributed by atoms with Gasteiger partial charge in [0.05, 0.1) is 29.3 Å². The summed E-state index contributed by atoms with van der Waals surface area (Å²) >= 11 is 0. The van der Waals surface area contributed by atoms with E-state index in [1.807, 2.05) is 30.3 Å². The zero-order chi connectivity index (χ0) is 25.4. The van der Waals surface area contributed by atoms with Crippen LogP contribution in [0.1, 0.15) is 18.1 Å². The molecule has 178 valence electrons. The van der Waals surface area contributed by atoms with Gasteiger partial charge < -0.3 is 15.0 Å². The molecule has 1 unspecified atom stereocenters. The van der Waals surface area contributed by atoms with E-state index in [1.165, 1.54) is 35.9 Å². The fourth-order valence-corrected chi connectivity index (χ4v) is 3.81. The number of rotatable bonds is 5. The molecule has 2 N–H and O–H groups in total. The molecule has 5 nitrogen and oxygen atoms in total. The highest BCUT2D eigenvalue weighted by atomic mass is 19.4. The zero-order valence-corrected chi connectivity index (χ0v) is 18.4. The highest BCUT2D eigenvalue weighted by Gasteiger charge is 2.35. The maximum absolute atomic E-state index is 14.8. The van der Waals surface area contributed by atoms with E-state index in [-0.39, 0.29) is 12.2 Å². The minimum atomic E-state index is -4.79. The molecule has 0 aliphatic heterocycles. The first-order valence-electron chi connectivity index (χ1n) is 10.5. The largest absolute Gasteiger partial charge is 0.417 e. The molecule has 0 bridgehead atoms. The molecule has 4 aromatic rings. The second-order valence-electron chi connectivity index (χ2n) is 8.30. The fraction of sp³-hybridized carbons (Fsp3) is 0.154. The molecule has 1 aromatic heterocycles. The lowest BCUT2D eigenvalue weighted by molar-refractivity contribution is -0.138. The molecule has 1 atom stereocenters. The highest BCUT2D eigenvalue weighted by molar-refractivity contribution is 5.97. The van der Waals surface area contributed by atoms with Crippen LogP contribution in [0.25, 0.3) is 22.0 Å². The van der Waals surface area contributed by atoms with Gasteiger partial charge in [0.1, 0.15) is 5.82 Å². The van der Waals surface area contributed by atoms with Gasteiger partial charge in [0.15, 0.2) is 5.60 Å². The third-order valence-electron chi connectivity index (χ3n) is 5.62. The first kappa shape index (κ1) is 24.0. The molecule has 0 spiro atoms. The Hall–Kier alpha value is -4.16. The Morgan fingerprint density at radius 3 is 2.43 bits per heavy atom. The molecule has 0 radical (unpaired) electrons. The molecular weight excluding hydrogens is 462 g/mol. The maximum Gasteiger partial charge on any atom is 0.417 e. The molecule has 1 heterocycles. The molecule has 0 aliphatic rings. The van der Waals surface area contributed by atoms with Crippen molar-refractivity contribution in [2.24, 2.45) is 0 Å². The van der Waals surface area contributed by atoms with Crippen molar-refractivity contribution in [1.82, 2.24) is 4.57 Å². The standard InChI is InChI=1S/C26H19F4N3O2/c1-25(35,24(34)32-19-8-7-17(14-31)21(13-19)26(28,29)30)15-33-10-9-20-22(27)11-18(12-23(20)33)16-5-3-2-4-6-16/h2-13,35H,15H2,1H3,(H,32,34). The summed E-state index contributed by atoms with van der Waals surface area (Å²) in [6.45, 7) is 0.919. The van der Waals surface area contributed by atoms with Gasteiger partial charge in [0, 0.05) is 17.3 Å². The lowest BCUT2D eigenvalue weighted by Gasteiger charge is -2.24. The third-order valence-corrected chi connectivity index (χ3v) is 5.62. The number of amides is 1. The lowest BCUT2D eigenvalue weighted by atomic mass is 10.0. The van der Waals surface area contributed by atoms with Crippen molar-refractivity contribution in [1.29, 1.82) is 5.26 Å². The van der Waals surface area contributed by atoms with Crippen LogP contribution < -0.4 is 5.32 Å². The van der Waals surface area contributed by atoms with Crippen LogP contribution in [-0.2, 0) is 17.5 Å². The van der Waals surface area contributed by atoms with Crippen LogP contribution in [0.3, 0.4) is 0 Å². The van der Waals surface area contributed by atoms with Crippen molar-refractivity contribution in [3.05, 3.63) is 89.9 Å². The number of hydrogen-bond acceptors (Lipinski definition) is 3. The summed E-state index contributed by atoms with van der Waals surface area (Å²) in [6.07, 6.45) is -3.27. The molecule has 35 heavy (non-hydrogen) atoms. The molecule has 1 amide bonds. The van der Waals surface area contributed by atoms with E-state index < -0.39 is 34.6 Å². The van der Waals surface area contributed by atoms with E-state index in [1.54, 1.807) is 6.07 Å². The second kappa shape index (κ2) is 8.89. The number of alkyl halides is 3. The highest BCUT2D eigenvalue weighted by Crippen LogP contribution is 2.34. The number of nitrogens with one attached hydrogen (secondary N) is 1. The number of hydrogen-bond donors (Lipinski definition) is 2. The Morgan fingerprint density at radius 1 is 1.06 bits per heavy atom. The Bertz CT molecular complexity index is 1450. The quantitative estimate of drug-likeness (QED) is 0.358. The number of nitrogens with zero attached hydrogens (tertiary/aromatic N) is 2. The summed E-state index contributed by atoms with van der Waals surface area (Å²) in [5.74, 6) is -1.43. The van der Waals surface area contributed by atoms with Gasteiger partial charge in [-0.2, -0.15) is 18.4 Å². The van der Waals surface area contributed by atoms with Gasteiger partial charge >= 0.3 is 6.18 Å². The first-order chi connectivity index (χ1) is 16.5. The number of carbonyl (C=O) groups is 1. The Labute approximate surface area is 197 Å². The van der Waals surface area contributed by atoms with Gasteiger partial charge in [0.2, 0.25) is 0 Å². The monoisotopic (exact) mass is 481 g/mol. The van der Waals surface area contributed by atoms with E-state index in [2.05, 4.69) is 5.32 Å². The summed E-state index contributed by atoms with van der Waals surface area (Å²) in [7, 11) is 0. The van der Waals surface area contributed by atoms with Crippen molar-refractivity contribution in [2.45, 2.75) is 25.2 Å². The maximum atomic E-state index is 14.8. The van der Waals surface area contributed by atoms with E-state index in [0.29, 0.717) is 22.5 Å². The van der Waals surface area contributed by atoms with Gasteiger partial charge in [-0.3, -0.25) is 4.79 Å². The molecular formula is C26H19F4N3O2. The van der Waals surface area contributed by atoms with Gasteiger partial charge in [-0.1, -0.05) is 30.3 Å². The third kappa shape index (κ3) is 4.88. The van der Waals surface area contributed by atoms with E-state index in [0.717, 1.165) is 17.7 Å².